The summed E-state index contributed by atoms with van der Waals surface area (Å²) in [6.07, 6.45) is 7.54. The smallest absolute Gasteiger partial charge is 0.0537 e. The molecule has 1 unspecified atom stereocenters. The summed E-state index contributed by atoms with van der Waals surface area (Å²) in [7, 11) is 0. The summed E-state index contributed by atoms with van der Waals surface area (Å²) in [6.45, 7) is 8.44. The lowest BCUT2D eigenvalue weighted by Crippen LogP contribution is -2.22. The van der Waals surface area contributed by atoms with Gasteiger partial charge in [-0.25, -0.2) is 0 Å². The molecule has 0 spiro atoms. The largest absolute Gasteiger partial charge is 0.310 e. The van der Waals surface area contributed by atoms with E-state index in [1.807, 2.05) is 10.9 Å². The Balaban J connectivity index is 2.00. The van der Waals surface area contributed by atoms with E-state index in [2.05, 4.69) is 61.6 Å². The first-order valence-corrected chi connectivity index (χ1v) is 8.04. The molecule has 21 heavy (non-hydrogen) atoms. The lowest BCUT2D eigenvalue weighted by Gasteiger charge is -2.17. The van der Waals surface area contributed by atoms with Gasteiger partial charge < -0.3 is 5.32 Å². The molecule has 3 heteroatoms. The lowest BCUT2D eigenvalue weighted by atomic mass is 10.0. The second-order valence-electron chi connectivity index (χ2n) is 5.66. The fourth-order valence-corrected chi connectivity index (χ4v) is 2.50. The van der Waals surface area contributed by atoms with Crippen LogP contribution in [0.5, 0.6) is 0 Å². The zero-order valence-electron chi connectivity index (χ0n) is 13.5. The molecule has 0 bridgehead atoms. The number of aryl methyl sites for hydroxylation is 3. The molecule has 0 aliphatic rings. The van der Waals surface area contributed by atoms with Crippen molar-refractivity contribution in [3.05, 3.63) is 53.3 Å². The fraction of sp³-hybridized carbons (Fsp3) is 0.500. The summed E-state index contributed by atoms with van der Waals surface area (Å²) >= 11 is 0. The zero-order valence-corrected chi connectivity index (χ0v) is 13.5. The molecule has 1 atom stereocenters. The third-order valence-electron chi connectivity index (χ3n) is 3.86. The standard InChI is InChI=1S/C18H27N3/c1-4-12-19-18(17-13-20-21(5-2)14-17)11-10-16-8-6-15(3)7-9-16/h6-9,13-14,18-19H,4-5,10-12H2,1-3H3. The van der Waals surface area contributed by atoms with Crippen molar-refractivity contribution < 1.29 is 0 Å². The maximum Gasteiger partial charge on any atom is 0.0537 e. The average Bonchev–Trinajstić information content (AvgIpc) is 2.98. The van der Waals surface area contributed by atoms with E-state index in [0.29, 0.717) is 6.04 Å². The van der Waals surface area contributed by atoms with E-state index in [1.54, 1.807) is 0 Å². The molecule has 114 valence electrons. The Morgan fingerprint density at radius 1 is 1.19 bits per heavy atom. The van der Waals surface area contributed by atoms with Crippen LogP contribution in [-0.2, 0) is 13.0 Å². The second-order valence-corrected chi connectivity index (χ2v) is 5.66. The fourth-order valence-electron chi connectivity index (χ4n) is 2.50. The third kappa shape index (κ3) is 4.71. The molecule has 1 aromatic heterocycles. The average molecular weight is 285 g/mol. The highest BCUT2D eigenvalue weighted by atomic mass is 15.3. The van der Waals surface area contributed by atoms with E-state index in [0.717, 1.165) is 32.4 Å². The quantitative estimate of drug-likeness (QED) is 0.797. The van der Waals surface area contributed by atoms with Gasteiger partial charge in [0.05, 0.1) is 6.20 Å². The lowest BCUT2D eigenvalue weighted by molar-refractivity contribution is 0.498. The van der Waals surface area contributed by atoms with Gasteiger partial charge in [-0.1, -0.05) is 36.8 Å². The highest BCUT2D eigenvalue weighted by molar-refractivity contribution is 5.22. The minimum Gasteiger partial charge on any atom is -0.310 e. The van der Waals surface area contributed by atoms with Gasteiger partial charge in [-0.2, -0.15) is 5.10 Å². The number of hydrogen-bond acceptors (Lipinski definition) is 2. The third-order valence-corrected chi connectivity index (χ3v) is 3.86. The van der Waals surface area contributed by atoms with Crippen molar-refractivity contribution in [2.45, 2.75) is 52.6 Å². The van der Waals surface area contributed by atoms with Gasteiger partial charge in [-0.3, -0.25) is 4.68 Å². The number of hydrogen-bond donors (Lipinski definition) is 1. The molecule has 0 aliphatic heterocycles. The number of benzene rings is 1. The van der Waals surface area contributed by atoms with Crippen LogP contribution in [0.1, 0.15) is 49.4 Å². The molecular weight excluding hydrogens is 258 g/mol. The molecule has 2 rings (SSSR count). The van der Waals surface area contributed by atoms with Crippen molar-refractivity contribution in [1.29, 1.82) is 0 Å². The van der Waals surface area contributed by atoms with Crippen LogP contribution in [0.4, 0.5) is 0 Å². The van der Waals surface area contributed by atoms with Gasteiger partial charge in [-0.15, -0.1) is 0 Å². The van der Waals surface area contributed by atoms with E-state index in [4.69, 9.17) is 0 Å². The Labute approximate surface area is 128 Å². The molecule has 0 aliphatic carbocycles. The summed E-state index contributed by atoms with van der Waals surface area (Å²) in [4.78, 5) is 0. The van der Waals surface area contributed by atoms with Crippen LogP contribution in [-0.4, -0.2) is 16.3 Å². The Morgan fingerprint density at radius 3 is 2.57 bits per heavy atom. The van der Waals surface area contributed by atoms with Crippen molar-refractivity contribution in [3.63, 3.8) is 0 Å². The van der Waals surface area contributed by atoms with Crippen molar-refractivity contribution in [2.75, 3.05) is 6.54 Å². The van der Waals surface area contributed by atoms with Crippen LogP contribution in [0.15, 0.2) is 36.7 Å². The van der Waals surface area contributed by atoms with Crippen LogP contribution in [0, 0.1) is 6.92 Å². The molecule has 1 heterocycles. The summed E-state index contributed by atoms with van der Waals surface area (Å²) < 4.78 is 2.00. The maximum absolute atomic E-state index is 4.41. The molecule has 1 N–H and O–H groups in total. The van der Waals surface area contributed by atoms with Gasteiger partial charge in [0.1, 0.15) is 0 Å². The summed E-state index contributed by atoms with van der Waals surface area (Å²) in [5, 5.41) is 8.06. The number of nitrogens with zero attached hydrogens (tertiary/aromatic N) is 2. The van der Waals surface area contributed by atoms with E-state index in [-0.39, 0.29) is 0 Å². The Bertz CT molecular complexity index is 528. The minimum absolute atomic E-state index is 0.395. The van der Waals surface area contributed by atoms with Crippen LogP contribution in [0.25, 0.3) is 0 Å². The highest BCUT2D eigenvalue weighted by Crippen LogP contribution is 2.19. The SMILES string of the molecule is CCCNC(CCc1ccc(C)cc1)c1cnn(CC)c1. The van der Waals surface area contributed by atoms with Gasteiger partial charge in [-0.05, 0) is 45.2 Å². The van der Waals surface area contributed by atoms with E-state index >= 15 is 0 Å². The molecule has 0 amide bonds. The van der Waals surface area contributed by atoms with Crippen molar-refractivity contribution in [1.82, 2.24) is 15.1 Å². The van der Waals surface area contributed by atoms with Crippen molar-refractivity contribution in [2.24, 2.45) is 0 Å². The van der Waals surface area contributed by atoms with Gasteiger partial charge >= 0.3 is 0 Å². The molecule has 0 radical (unpaired) electrons. The number of aromatic nitrogens is 2. The zero-order chi connectivity index (χ0) is 15.1. The molecular formula is C18H27N3. The maximum atomic E-state index is 4.41. The molecule has 1 aromatic carbocycles. The van der Waals surface area contributed by atoms with Crippen LogP contribution >= 0.6 is 0 Å². The van der Waals surface area contributed by atoms with Gasteiger partial charge in [0.25, 0.3) is 0 Å². The summed E-state index contributed by atoms with van der Waals surface area (Å²) in [5.41, 5.74) is 4.04. The Kier molecular flexibility index (Phi) is 6.00. The molecule has 0 fully saturated rings. The van der Waals surface area contributed by atoms with Gasteiger partial charge in [0.15, 0.2) is 0 Å². The second kappa shape index (κ2) is 7.99. The summed E-state index contributed by atoms with van der Waals surface area (Å²) in [5.74, 6) is 0. The van der Waals surface area contributed by atoms with E-state index < -0.39 is 0 Å². The normalized spacial score (nSPS) is 12.5. The monoisotopic (exact) mass is 285 g/mol. The molecule has 0 saturated carbocycles. The first-order chi connectivity index (χ1) is 10.2. The van der Waals surface area contributed by atoms with Crippen molar-refractivity contribution >= 4 is 0 Å². The number of nitrogens with one attached hydrogen (secondary N) is 1. The predicted octanol–water partition coefficient (Wildman–Crippen LogP) is 3.88. The summed E-state index contributed by atoms with van der Waals surface area (Å²) in [6, 6.07) is 9.26. The predicted molar refractivity (Wildman–Crippen MR) is 88.4 cm³/mol. The first-order valence-electron chi connectivity index (χ1n) is 8.04. The Hall–Kier alpha value is -1.61. The van der Waals surface area contributed by atoms with Gasteiger partial charge in [0, 0.05) is 24.3 Å². The number of rotatable bonds is 8. The molecule has 2 aromatic rings. The van der Waals surface area contributed by atoms with Crippen LogP contribution < -0.4 is 5.32 Å². The topological polar surface area (TPSA) is 29.9 Å². The van der Waals surface area contributed by atoms with E-state index in [1.165, 1.54) is 16.7 Å². The van der Waals surface area contributed by atoms with E-state index in [9.17, 15) is 0 Å². The molecule has 0 saturated heterocycles. The van der Waals surface area contributed by atoms with Crippen molar-refractivity contribution in [3.8, 4) is 0 Å². The van der Waals surface area contributed by atoms with Crippen LogP contribution in [0.2, 0.25) is 0 Å². The van der Waals surface area contributed by atoms with Crippen LogP contribution in [0.3, 0.4) is 0 Å². The first kappa shape index (κ1) is 15.8. The molecule has 3 nitrogen and oxygen atoms in total. The highest BCUT2D eigenvalue weighted by Gasteiger charge is 2.12. The Morgan fingerprint density at radius 2 is 1.95 bits per heavy atom. The minimum atomic E-state index is 0.395. The van der Waals surface area contributed by atoms with Gasteiger partial charge in [0.2, 0.25) is 0 Å².